The van der Waals surface area contributed by atoms with E-state index >= 15 is 0 Å². The van der Waals surface area contributed by atoms with Gasteiger partial charge in [-0.1, -0.05) is 25.7 Å². The molecule has 1 fully saturated rings. The van der Waals surface area contributed by atoms with Gasteiger partial charge < -0.3 is 15.5 Å². The van der Waals surface area contributed by atoms with Gasteiger partial charge in [0, 0.05) is 18.0 Å². The second-order valence-corrected chi connectivity index (χ2v) is 7.58. The third-order valence-electron chi connectivity index (χ3n) is 5.06. The van der Waals surface area contributed by atoms with Crippen molar-refractivity contribution >= 4 is 22.5 Å². The zero-order chi connectivity index (χ0) is 18.2. The van der Waals surface area contributed by atoms with Crippen molar-refractivity contribution < 1.29 is 0 Å². The number of aromatic nitrogens is 3. The molecule has 2 N–H and O–H groups in total. The molecule has 0 spiro atoms. The maximum absolute atomic E-state index is 4.52. The number of nitrogens with zero attached hydrogens (tertiary/aromatic N) is 4. The molecule has 0 aliphatic heterocycles. The average Bonchev–Trinajstić information content (AvgIpc) is 2.90. The van der Waals surface area contributed by atoms with Crippen LogP contribution < -0.4 is 10.6 Å². The number of hydrogen-bond acceptors (Lipinski definition) is 6. The van der Waals surface area contributed by atoms with Crippen LogP contribution in [0.2, 0.25) is 0 Å². The van der Waals surface area contributed by atoms with Crippen molar-refractivity contribution in [2.45, 2.75) is 57.4 Å². The fraction of sp³-hybridized carbons (Fsp3) is 0.650. The Labute approximate surface area is 156 Å². The van der Waals surface area contributed by atoms with Crippen LogP contribution in [0.15, 0.2) is 18.6 Å². The van der Waals surface area contributed by atoms with E-state index in [1.54, 1.807) is 6.33 Å². The zero-order valence-electron chi connectivity index (χ0n) is 16.2. The predicted octanol–water partition coefficient (Wildman–Crippen LogP) is 3.91. The van der Waals surface area contributed by atoms with Gasteiger partial charge in [-0.2, -0.15) is 0 Å². The fourth-order valence-corrected chi connectivity index (χ4v) is 3.56. The molecule has 2 heterocycles. The number of fused-ring (bicyclic) bond motifs is 1. The number of pyridine rings is 1. The van der Waals surface area contributed by atoms with Crippen molar-refractivity contribution in [2.75, 3.05) is 37.8 Å². The first kappa shape index (κ1) is 18.8. The first-order valence-electron chi connectivity index (χ1n) is 9.98. The summed E-state index contributed by atoms with van der Waals surface area (Å²) in [6.07, 6.45) is 13.6. The molecule has 0 bridgehead atoms. The Morgan fingerprint density at radius 2 is 1.85 bits per heavy atom. The monoisotopic (exact) mass is 356 g/mol. The van der Waals surface area contributed by atoms with Gasteiger partial charge in [-0.15, -0.1) is 0 Å². The quantitative estimate of drug-likeness (QED) is 0.552. The Kier molecular flexibility index (Phi) is 7.00. The van der Waals surface area contributed by atoms with Gasteiger partial charge in [0.15, 0.2) is 0 Å². The van der Waals surface area contributed by atoms with Gasteiger partial charge in [-0.05, 0) is 52.4 Å². The van der Waals surface area contributed by atoms with Crippen molar-refractivity contribution in [1.82, 2.24) is 19.9 Å². The summed E-state index contributed by atoms with van der Waals surface area (Å²) in [4.78, 5) is 15.6. The molecule has 6 nitrogen and oxygen atoms in total. The van der Waals surface area contributed by atoms with Gasteiger partial charge in [0.1, 0.15) is 18.0 Å². The van der Waals surface area contributed by atoms with Gasteiger partial charge in [-0.3, -0.25) is 0 Å². The molecular formula is C20H32N6. The van der Waals surface area contributed by atoms with Gasteiger partial charge in [0.25, 0.3) is 0 Å². The summed E-state index contributed by atoms with van der Waals surface area (Å²) in [5.74, 6) is 1.85. The molecule has 142 valence electrons. The third kappa shape index (κ3) is 5.53. The highest BCUT2D eigenvalue weighted by Crippen LogP contribution is 2.25. The number of unbranched alkanes of at least 4 members (excludes halogenated alkanes) is 1. The largest absolute Gasteiger partial charge is 0.370 e. The summed E-state index contributed by atoms with van der Waals surface area (Å²) < 4.78 is 0. The zero-order valence-corrected chi connectivity index (χ0v) is 16.2. The van der Waals surface area contributed by atoms with Crippen molar-refractivity contribution in [2.24, 2.45) is 0 Å². The van der Waals surface area contributed by atoms with Gasteiger partial charge >= 0.3 is 0 Å². The minimum atomic E-state index is 0.520. The van der Waals surface area contributed by atoms with E-state index in [2.05, 4.69) is 50.6 Å². The van der Waals surface area contributed by atoms with E-state index in [9.17, 15) is 0 Å². The molecule has 2 aromatic heterocycles. The SMILES string of the molecule is CN(C)CCCCNc1cc2c(NC3CCCCCC3)ncnc2cn1. The summed E-state index contributed by atoms with van der Waals surface area (Å²) >= 11 is 0. The van der Waals surface area contributed by atoms with Crippen LogP contribution in [-0.4, -0.2) is 53.1 Å². The highest BCUT2D eigenvalue weighted by Gasteiger charge is 2.14. The Morgan fingerprint density at radius 1 is 1.04 bits per heavy atom. The summed E-state index contributed by atoms with van der Waals surface area (Å²) in [5.41, 5.74) is 0.897. The van der Waals surface area contributed by atoms with Crippen molar-refractivity contribution in [3.8, 4) is 0 Å². The van der Waals surface area contributed by atoms with E-state index in [-0.39, 0.29) is 0 Å². The van der Waals surface area contributed by atoms with E-state index in [0.29, 0.717) is 6.04 Å². The van der Waals surface area contributed by atoms with Crippen LogP contribution in [0.4, 0.5) is 11.6 Å². The third-order valence-corrected chi connectivity index (χ3v) is 5.06. The normalized spacial score (nSPS) is 16.0. The first-order chi connectivity index (χ1) is 12.7. The highest BCUT2D eigenvalue weighted by molar-refractivity contribution is 5.90. The Bertz CT molecular complexity index is 679. The van der Waals surface area contributed by atoms with E-state index in [1.807, 2.05) is 6.20 Å². The molecule has 0 atom stereocenters. The molecule has 2 aromatic rings. The second kappa shape index (κ2) is 9.67. The molecule has 1 aliphatic rings. The van der Waals surface area contributed by atoms with Crippen LogP contribution in [0, 0.1) is 0 Å². The fourth-order valence-electron chi connectivity index (χ4n) is 3.56. The average molecular weight is 357 g/mol. The van der Waals surface area contributed by atoms with Crippen LogP contribution >= 0.6 is 0 Å². The van der Waals surface area contributed by atoms with Crippen molar-refractivity contribution in [1.29, 1.82) is 0 Å². The molecule has 3 rings (SSSR count). The molecule has 0 saturated heterocycles. The summed E-state index contributed by atoms with van der Waals surface area (Å²) in [6.45, 7) is 2.06. The summed E-state index contributed by atoms with van der Waals surface area (Å²) in [7, 11) is 4.22. The summed E-state index contributed by atoms with van der Waals surface area (Å²) in [6, 6.07) is 2.60. The van der Waals surface area contributed by atoms with E-state index in [0.717, 1.165) is 42.0 Å². The molecule has 0 unspecified atom stereocenters. The molecule has 1 aliphatic carbocycles. The molecule has 0 aromatic carbocycles. The van der Waals surface area contributed by atoms with Crippen LogP contribution in [-0.2, 0) is 0 Å². The number of hydrogen-bond donors (Lipinski definition) is 2. The first-order valence-corrected chi connectivity index (χ1v) is 9.98. The molecule has 0 radical (unpaired) electrons. The number of rotatable bonds is 8. The lowest BCUT2D eigenvalue weighted by Gasteiger charge is -2.18. The maximum atomic E-state index is 4.52. The smallest absolute Gasteiger partial charge is 0.137 e. The lowest BCUT2D eigenvalue weighted by atomic mass is 10.1. The molecule has 1 saturated carbocycles. The Hall–Kier alpha value is -1.95. The van der Waals surface area contributed by atoms with Crippen LogP contribution in [0.25, 0.3) is 10.9 Å². The lowest BCUT2D eigenvalue weighted by molar-refractivity contribution is 0.396. The van der Waals surface area contributed by atoms with Gasteiger partial charge in [0.2, 0.25) is 0 Å². The van der Waals surface area contributed by atoms with Crippen molar-refractivity contribution in [3.05, 3.63) is 18.6 Å². The Balaban J connectivity index is 1.65. The predicted molar refractivity (Wildman–Crippen MR) is 109 cm³/mol. The van der Waals surface area contributed by atoms with Gasteiger partial charge in [0.05, 0.1) is 11.7 Å². The van der Waals surface area contributed by atoms with E-state index in [4.69, 9.17) is 0 Å². The minimum absolute atomic E-state index is 0.520. The van der Waals surface area contributed by atoms with Crippen LogP contribution in [0.3, 0.4) is 0 Å². The van der Waals surface area contributed by atoms with Crippen molar-refractivity contribution in [3.63, 3.8) is 0 Å². The molecule has 6 heteroatoms. The summed E-state index contributed by atoms with van der Waals surface area (Å²) in [5, 5.41) is 8.16. The Morgan fingerprint density at radius 3 is 2.62 bits per heavy atom. The van der Waals surface area contributed by atoms with Crippen LogP contribution in [0.5, 0.6) is 0 Å². The highest BCUT2D eigenvalue weighted by atomic mass is 15.1. The van der Waals surface area contributed by atoms with Crippen LogP contribution in [0.1, 0.15) is 51.4 Å². The van der Waals surface area contributed by atoms with E-state index in [1.165, 1.54) is 44.9 Å². The molecule has 0 amide bonds. The minimum Gasteiger partial charge on any atom is -0.370 e. The topological polar surface area (TPSA) is 66.0 Å². The van der Waals surface area contributed by atoms with E-state index < -0.39 is 0 Å². The second-order valence-electron chi connectivity index (χ2n) is 7.58. The standard InChI is InChI=1S/C20H32N6/c1-26(2)12-8-7-11-21-19-13-17-18(14-22-19)23-15-24-20(17)25-16-9-5-3-4-6-10-16/h13-16H,3-12H2,1-2H3,(H,21,22)(H,23,24,25). The molecule has 26 heavy (non-hydrogen) atoms. The molecular weight excluding hydrogens is 324 g/mol. The van der Waals surface area contributed by atoms with Gasteiger partial charge in [-0.25, -0.2) is 15.0 Å². The number of nitrogens with one attached hydrogen (secondary N) is 2. The lowest BCUT2D eigenvalue weighted by Crippen LogP contribution is -2.19. The maximum Gasteiger partial charge on any atom is 0.137 e. The number of anilines is 2.